The highest BCUT2D eigenvalue weighted by atomic mass is 31.2. The molecule has 0 aromatic carbocycles. The second-order valence-electron chi connectivity index (χ2n) is 31.0. The number of rotatable bonds is 82. The number of ether oxygens (including phenoxy) is 4. The van der Waals surface area contributed by atoms with Crippen molar-refractivity contribution in [1.29, 1.82) is 0 Å². The van der Waals surface area contributed by atoms with E-state index >= 15 is 0 Å². The molecule has 0 saturated carbocycles. The van der Waals surface area contributed by atoms with E-state index in [4.69, 9.17) is 37.0 Å². The van der Waals surface area contributed by atoms with Gasteiger partial charge in [-0.25, -0.2) is 9.13 Å². The van der Waals surface area contributed by atoms with Gasteiger partial charge in [0.2, 0.25) is 0 Å². The lowest BCUT2D eigenvalue weighted by Crippen LogP contribution is -2.30. The molecule has 0 saturated heterocycles. The first-order chi connectivity index (χ1) is 50.8. The molecule has 0 aromatic rings. The minimum Gasteiger partial charge on any atom is -0.462 e. The molecule has 0 rings (SSSR count). The Hall–Kier alpha value is -2.46. The molecule has 19 heteroatoms. The van der Waals surface area contributed by atoms with Gasteiger partial charge >= 0.3 is 39.5 Å². The van der Waals surface area contributed by atoms with Crippen LogP contribution in [0.3, 0.4) is 0 Å². The lowest BCUT2D eigenvalue weighted by molar-refractivity contribution is -0.161. The summed E-state index contributed by atoms with van der Waals surface area (Å²) in [6.07, 6.45) is 68.8. The van der Waals surface area contributed by atoms with Gasteiger partial charge in [-0.1, -0.05) is 375 Å². The van der Waals surface area contributed by atoms with Crippen molar-refractivity contribution in [2.75, 3.05) is 39.6 Å². The van der Waals surface area contributed by atoms with Crippen LogP contribution >= 0.6 is 15.6 Å². The Bertz CT molecular complexity index is 2130. The lowest BCUT2D eigenvalue weighted by atomic mass is 9.99. The summed E-state index contributed by atoms with van der Waals surface area (Å²) in [6, 6.07) is 0. The summed E-state index contributed by atoms with van der Waals surface area (Å²) in [5, 5.41) is 10.7. The van der Waals surface area contributed by atoms with Crippen LogP contribution in [0.2, 0.25) is 0 Å². The highest BCUT2D eigenvalue weighted by Gasteiger charge is 2.30. The van der Waals surface area contributed by atoms with Crippen molar-refractivity contribution in [3.05, 3.63) is 24.3 Å². The fraction of sp³-hybridized carbons (Fsp3) is 0.907. The van der Waals surface area contributed by atoms with Gasteiger partial charge in [0.1, 0.15) is 19.3 Å². The molecule has 8 atom stereocenters. The zero-order chi connectivity index (χ0) is 77.2. The first kappa shape index (κ1) is 103. The normalized spacial score (nSPS) is 14.8. The van der Waals surface area contributed by atoms with E-state index in [0.29, 0.717) is 25.7 Å². The summed E-state index contributed by atoms with van der Waals surface area (Å²) in [4.78, 5) is 73.2. The predicted octanol–water partition coefficient (Wildman–Crippen LogP) is 25.6. The Kier molecular flexibility index (Phi) is 73.8. The molecule has 17 nitrogen and oxygen atoms in total. The quantitative estimate of drug-likeness (QED) is 0.0169. The maximum Gasteiger partial charge on any atom is 0.472 e. The molecule has 0 amide bonds. The van der Waals surface area contributed by atoms with E-state index in [1.54, 1.807) is 0 Å². The average molecular weight is 1530 g/mol. The standard InChI is InChI=1S/C86H164O17P2/c1-8-12-13-14-15-16-17-18-23-31-36-41-46-55-62-70-86(91)103-82(74-97-84(89)68-61-54-49-48-52-59-66-79(7)11-4)76-101-105(94,95)99-72-80(87)71-98-104(92,93)100-75-81(73-96-83(88)67-60-53-45-40-35-30-27-26-29-34-39-44-51-58-65-78(6)10-3)102-85(90)69-63-56-47-42-37-32-25-22-20-19-21-24-28-33-38-43-50-57-64-77(5)9-2/h16-18,23,77-82,87H,8-15,19-22,24-76H2,1-7H3,(H,92,93)(H,94,95)/b17-16-,23-18-/t77?,78?,79?,80-,81-,82-/m1/s1. The number of carbonyl (C=O) groups excluding carboxylic acids is 4. The van der Waals surface area contributed by atoms with Crippen LogP contribution in [0.5, 0.6) is 0 Å². The number of hydrogen-bond donors (Lipinski definition) is 3. The van der Waals surface area contributed by atoms with Crippen LogP contribution in [0.25, 0.3) is 0 Å². The zero-order valence-corrected chi connectivity index (χ0v) is 70.5. The SMILES string of the molecule is CCCCCC/C=C\C=C/CCCCCCCC(=O)O[C@H](COC(=O)CCCCCCCCC(C)CC)COP(=O)(O)OC[C@H](O)COP(=O)(O)OC[C@@H](COC(=O)CCCCCCCCCCCCCCCCC(C)CC)OC(=O)CCCCCCCCCCCCCCCCCCCCC(C)CC. The highest BCUT2D eigenvalue weighted by Crippen LogP contribution is 2.45. The molecular formula is C86H164O17P2. The molecule has 0 radical (unpaired) electrons. The Morgan fingerprint density at radius 2 is 0.533 bits per heavy atom. The van der Waals surface area contributed by atoms with Crippen LogP contribution in [0.15, 0.2) is 24.3 Å². The molecular weight excluding hydrogens is 1370 g/mol. The van der Waals surface area contributed by atoms with Crippen LogP contribution in [-0.4, -0.2) is 96.7 Å². The Labute approximate surface area is 643 Å². The van der Waals surface area contributed by atoms with Gasteiger partial charge in [0.25, 0.3) is 0 Å². The molecule has 5 unspecified atom stereocenters. The number of esters is 4. The molecule has 0 heterocycles. The van der Waals surface area contributed by atoms with Gasteiger partial charge in [0.05, 0.1) is 26.4 Å². The second kappa shape index (κ2) is 75.6. The predicted molar refractivity (Wildman–Crippen MR) is 432 cm³/mol. The van der Waals surface area contributed by atoms with Gasteiger partial charge in [-0.2, -0.15) is 0 Å². The Balaban J connectivity index is 5.26. The van der Waals surface area contributed by atoms with Gasteiger partial charge in [0.15, 0.2) is 12.2 Å². The number of unbranched alkanes of at least 4 members (excludes halogenated alkanes) is 44. The third kappa shape index (κ3) is 75.4. The fourth-order valence-electron chi connectivity index (χ4n) is 12.7. The first-order valence-corrected chi connectivity index (χ1v) is 46.8. The summed E-state index contributed by atoms with van der Waals surface area (Å²) in [7, 11) is -9.94. The van der Waals surface area contributed by atoms with Gasteiger partial charge in [-0.05, 0) is 69.1 Å². The Morgan fingerprint density at radius 3 is 0.800 bits per heavy atom. The smallest absolute Gasteiger partial charge is 0.462 e. The van der Waals surface area contributed by atoms with Gasteiger partial charge in [0, 0.05) is 25.7 Å². The van der Waals surface area contributed by atoms with Crippen LogP contribution in [-0.2, 0) is 65.4 Å². The molecule has 0 spiro atoms. The van der Waals surface area contributed by atoms with E-state index in [-0.39, 0.29) is 25.7 Å². The van der Waals surface area contributed by atoms with E-state index < -0.39 is 97.5 Å². The topological polar surface area (TPSA) is 237 Å². The number of allylic oxidation sites excluding steroid dienone is 4. The van der Waals surface area contributed by atoms with Gasteiger partial charge in [-0.15, -0.1) is 0 Å². The molecule has 0 aliphatic heterocycles. The van der Waals surface area contributed by atoms with Crippen molar-refractivity contribution < 1.29 is 80.2 Å². The van der Waals surface area contributed by atoms with Gasteiger partial charge < -0.3 is 33.8 Å². The number of phosphoric ester groups is 2. The summed E-state index contributed by atoms with van der Waals surface area (Å²) in [6.45, 7) is 12.0. The minimum atomic E-state index is -4.97. The van der Waals surface area contributed by atoms with E-state index in [2.05, 4.69) is 72.8 Å². The monoisotopic (exact) mass is 1530 g/mol. The van der Waals surface area contributed by atoms with Crippen LogP contribution < -0.4 is 0 Å². The molecule has 0 aromatic heterocycles. The van der Waals surface area contributed by atoms with E-state index in [0.717, 1.165) is 127 Å². The maximum atomic E-state index is 13.1. The number of hydrogen-bond acceptors (Lipinski definition) is 15. The van der Waals surface area contributed by atoms with E-state index in [9.17, 15) is 43.2 Å². The minimum absolute atomic E-state index is 0.0842. The van der Waals surface area contributed by atoms with Crippen LogP contribution in [0.4, 0.5) is 0 Å². The molecule has 0 aliphatic rings. The van der Waals surface area contributed by atoms with Crippen molar-refractivity contribution in [2.24, 2.45) is 17.8 Å². The van der Waals surface area contributed by atoms with Crippen LogP contribution in [0, 0.1) is 17.8 Å². The zero-order valence-electron chi connectivity index (χ0n) is 68.7. The number of carbonyl (C=O) groups is 4. The fourth-order valence-corrected chi connectivity index (χ4v) is 14.3. The molecule has 0 aliphatic carbocycles. The van der Waals surface area contributed by atoms with Crippen molar-refractivity contribution in [3.63, 3.8) is 0 Å². The number of aliphatic hydroxyl groups is 1. The Morgan fingerprint density at radius 1 is 0.305 bits per heavy atom. The van der Waals surface area contributed by atoms with E-state index in [1.165, 1.54) is 218 Å². The second-order valence-corrected chi connectivity index (χ2v) is 33.9. The summed E-state index contributed by atoms with van der Waals surface area (Å²) >= 11 is 0. The lowest BCUT2D eigenvalue weighted by Gasteiger charge is -2.21. The summed E-state index contributed by atoms with van der Waals surface area (Å²) in [5.74, 6) is 0.309. The van der Waals surface area contributed by atoms with Crippen molar-refractivity contribution in [2.45, 2.75) is 446 Å². The number of phosphoric acid groups is 2. The maximum absolute atomic E-state index is 13.1. The summed E-state index contributed by atoms with van der Waals surface area (Å²) < 4.78 is 68.8. The molecule has 3 N–H and O–H groups in total. The third-order valence-electron chi connectivity index (χ3n) is 20.6. The van der Waals surface area contributed by atoms with Gasteiger partial charge in [-0.3, -0.25) is 37.3 Å². The third-order valence-corrected chi connectivity index (χ3v) is 22.5. The first-order valence-electron chi connectivity index (χ1n) is 43.8. The van der Waals surface area contributed by atoms with Crippen molar-refractivity contribution in [1.82, 2.24) is 0 Å². The highest BCUT2D eigenvalue weighted by molar-refractivity contribution is 7.47. The molecule has 105 heavy (non-hydrogen) atoms. The van der Waals surface area contributed by atoms with Crippen molar-refractivity contribution in [3.8, 4) is 0 Å². The van der Waals surface area contributed by atoms with Crippen LogP contribution in [0.1, 0.15) is 427 Å². The summed E-state index contributed by atoms with van der Waals surface area (Å²) in [5.41, 5.74) is 0. The average Bonchev–Trinajstić information content (AvgIpc) is 0.908. The number of aliphatic hydroxyl groups excluding tert-OH is 1. The molecule has 0 fully saturated rings. The molecule has 620 valence electrons. The van der Waals surface area contributed by atoms with E-state index in [1.807, 2.05) is 0 Å². The largest absolute Gasteiger partial charge is 0.472 e. The molecule has 0 bridgehead atoms. The van der Waals surface area contributed by atoms with Crippen molar-refractivity contribution >= 4 is 39.5 Å².